The summed E-state index contributed by atoms with van der Waals surface area (Å²) in [6.07, 6.45) is 6.31. The maximum Gasteiger partial charge on any atom is 0.249 e. The second-order valence-electron chi connectivity index (χ2n) is 7.84. The molecule has 0 spiro atoms. The minimum atomic E-state index is -0.311. The van der Waals surface area contributed by atoms with Crippen LogP contribution in [0.4, 0.5) is 5.82 Å². The highest BCUT2D eigenvalue weighted by Gasteiger charge is 2.17. The van der Waals surface area contributed by atoms with Crippen molar-refractivity contribution in [2.75, 3.05) is 12.1 Å². The zero-order chi connectivity index (χ0) is 23.8. The van der Waals surface area contributed by atoms with Gasteiger partial charge in [-0.05, 0) is 42.8 Å². The molecule has 2 aromatic carbocycles. The fraction of sp³-hybridized carbons (Fsp3) is 0.0800. The second kappa shape index (κ2) is 8.41. The van der Waals surface area contributed by atoms with Crippen molar-refractivity contribution in [2.45, 2.75) is 6.92 Å². The van der Waals surface area contributed by atoms with E-state index in [1.807, 2.05) is 55.5 Å². The van der Waals surface area contributed by atoms with Crippen LogP contribution in [0.25, 0.3) is 28.6 Å². The number of aromatic nitrogens is 6. The lowest BCUT2D eigenvalue weighted by Gasteiger charge is -2.08. The lowest BCUT2D eigenvalue weighted by Crippen LogP contribution is -2.13. The van der Waals surface area contributed by atoms with Gasteiger partial charge in [0.2, 0.25) is 12.7 Å². The molecule has 0 saturated carbocycles. The number of aryl methyl sites for hydroxylation is 1. The van der Waals surface area contributed by atoms with Gasteiger partial charge in [0.25, 0.3) is 0 Å². The lowest BCUT2D eigenvalue weighted by molar-refractivity contribution is -0.111. The van der Waals surface area contributed by atoms with E-state index in [1.165, 1.54) is 12.4 Å². The van der Waals surface area contributed by atoms with E-state index in [1.54, 1.807) is 27.7 Å². The van der Waals surface area contributed by atoms with E-state index >= 15 is 0 Å². The van der Waals surface area contributed by atoms with Crippen molar-refractivity contribution < 1.29 is 14.3 Å². The predicted molar refractivity (Wildman–Crippen MR) is 129 cm³/mol. The summed E-state index contributed by atoms with van der Waals surface area (Å²) in [7, 11) is 0. The van der Waals surface area contributed by atoms with Crippen LogP contribution in [-0.2, 0) is 4.79 Å². The molecule has 1 aliphatic heterocycles. The van der Waals surface area contributed by atoms with E-state index in [0.717, 1.165) is 16.9 Å². The van der Waals surface area contributed by atoms with E-state index in [9.17, 15) is 4.79 Å². The van der Waals surface area contributed by atoms with Crippen LogP contribution in [0.2, 0.25) is 0 Å². The molecule has 4 heterocycles. The number of hydrogen-bond donors (Lipinski definition) is 1. The summed E-state index contributed by atoms with van der Waals surface area (Å²) < 4.78 is 14.0. The summed E-state index contributed by atoms with van der Waals surface area (Å²) in [5, 5.41) is 12.6. The minimum absolute atomic E-state index is 0.201. The molecule has 0 atom stereocenters. The number of anilines is 1. The van der Waals surface area contributed by atoms with Gasteiger partial charge in [-0.15, -0.1) is 0 Å². The van der Waals surface area contributed by atoms with Gasteiger partial charge >= 0.3 is 0 Å². The summed E-state index contributed by atoms with van der Waals surface area (Å²) in [6, 6.07) is 17.0. The molecule has 6 rings (SSSR count). The standard InChI is InChI=1S/C25H19N7O3/c1-16-11-22(29-23(33)10-8-17-7-9-20-21(12-17)35-15-34-20)32(30-16)25-19-13-28-31(24(19)26-14-27-25)18-5-3-2-4-6-18/h2-14H,15H2,1H3,(H,29,33)/b10-8+. The van der Waals surface area contributed by atoms with Crippen LogP contribution in [0.5, 0.6) is 11.5 Å². The van der Waals surface area contributed by atoms with E-state index in [0.29, 0.717) is 34.2 Å². The third kappa shape index (κ3) is 3.86. The number of amides is 1. The summed E-state index contributed by atoms with van der Waals surface area (Å²) in [5.74, 6) is 2.03. The lowest BCUT2D eigenvalue weighted by atomic mass is 10.2. The highest BCUT2D eigenvalue weighted by molar-refractivity contribution is 6.01. The largest absolute Gasteiger partial charge is 0.454 e. The van der Waals surface area contributed by atoms with Crippen LogP contribution in [0.15, 0.2) is 73.2 Å². The molecule has 1 N–H and O–H groups in total. The number of hydrogen-bond acceptors (Lipinski definition) is 7. The molecule has 10 nitrogen and oxygen atoms in total. The monoisotopic (exact) mass is 465 g/mol. The van der Waals surface area contributed by atoms with E-state index in [4.69, 9.17) is 9.47 Å². The maximum absolute atomic E-state index is 12.7. The van der Waals surface area contributed by atoms with Crippen LogP contribution in [-0.4, -0.2) is 42.2 Å². The first-order chi connectivity index (χ1) is 17.2. The molecule has 35 heavy (non-hydrogen) atoms. The van der Waals surface area contributed by atoms with Gasteiger partial charge in [-0.25, -0.2) is 14.6 Å². The number of carbonyl (C=O) groups is 1. The van der Waals surface area contributed by atoms with Crippen LogP contribution >= 0.6 is 0 Å². The molecule has 0 saturated heterocycles. The van der Waals surface area contributed by atoms with Crippen molar-refractivity contribution >= 4 is 28.8 Å². The summed E-state index contributed by atoms with van der Waals surface area (Å²) in [5.41, 5.74) is 3.06. The Morgan fingerprint density at radius 2 is 1.89 bits per heavy atom. The molecular weight excluding hydrogens is 446 g/mol. The molecule has 1 aliphatic rings. The molecule has 0 aliphatic carbocycles. The van der Waals surface area contributed by atoms with E-state index in [2.05, 4.69) is 25.5 Å². The van der Waals surface area contributed by atoms with E-state index in [-0.39, 0.29) is 12.7 Å². The van der Waals surface area contributed by atoms with Gasteiger partial charge in [0.15, 0.2) is 23.0 Å². The highest BCUT2D eigenvalue weighted by atomic mass is 16.7. The predicted octanol–water partition coefficient (Wildman–Crippen LogP) is 3.69. The van der Waals surface area contributed by atoms with Gasteiger partial charge < -0.3 is 14.8 Å². The normalized spacial score (nSPS) is 12.5. The fourth-order valence-corrected chi connectivity index (χ4v) is 3.87. The second-order valence-corrected chi connectivity index (χ2v) is 7.84. The van der Waals surface area contributed by atoms with Gasteiger partial charge in [-0.3, -0.25) is 4.79 Å². The Labute approximate surface area is 199 Å². The molecule has 10 heteroatoms. The third-order valence-corrected chi connectivity index (χ3v) is 5.45. The van der Waals surface area contributed by atoms with Crippen molar-refractivity contribution in [1.29, 1.82) is 0 Å². The Balaban J connectivity index is 1.29. The topological polar surface area (TPSA) is 109 Å². The molecule has 0 unspecified atom stereocenters. The highest BCUT2D eigenvalue weighted by Crippen LogP contribution is 2.32. The molecule has 0 fully saturated rings. The number of para-hydroxylation sites is 1. The zero-order valence-corrected chi connectivity index (χ0v) is 18.6. The van der Waals surface area contributed by atoms with Crippen LogP contribution in [0.1, 0.15) is 11.3 Å². The van der Waals surface area contributed by atoms with Crippen molar-refractivity contribution in [2.24, 2.45) is 0 Å². The SMILES string of the molecule is Cc1cc(NC(=O)/C=C/c2ccc3c(c2)OCO3)n(-c2ncnc3c2cnn3-c2ccccc2)n1. The first-order valence-corrected chi connectivity index (χ1v) is 10.9. The van der Waals surface area contributed by atoms with Crippen molar-refractivity contribution in [1.82, 2.24) is 29.5 Å². The number of nitrogens with one attached hydrogen (secondary N) is 1. The number of rotatable bonds is 5. The minimum Gasteiger partial charge on any atom is -0.454 e. The Bertz CT molecular complexity index is 1590. The average molecular weight is 465 g/mol. The van der Waals surface area contributed by atoms with Crippen molar-refractivity contribution in [3.05, 3.63) is 84.5 Å². The fourth-order valence-electron chi connectivity index (χ4n) is 3.87. The summed E-state index contributed by atoms with van der Waals surface area (Å²) in [4.78, 5) is 21.6. The number of fused-ring (bicyclic) bond motifs is 2. The molecule has 0 radical (unpaired) electrons. The number of carbonyl (C=O) groups excluding carboxylic acids is 1. The van der Waals surface area contributed by atoms with Crippen LogP contribution in [0, 0.1) is 6.92 Å². The smallest absolute Gasteiger partial charge is 0.249 e. The number of benzene rings is 2. The Kier molecular flexibility index (Phi) is 4.95. The van der Waals surface area contributed by atoms with E-state index < -0.39 is 0 Å². The Morgan fingerprint density at radius 1 is 1.03 bits per heavy atom. The molecule has 1 amide bonds. The molecule has 3 aromatic heterocycles. The zero-order valence-electron chi connectivity index (χ0n) is 18.6. The first kappa shape index (κ1) is 20.6. The van der Waals surface area contributed by atoms with Gasteiger partial charge in [-0.2, -0.15) is 14.9 Å². The Hall–Kier alpha value is -4.99. The maximum atomic E-state index is 12.7. The average Bonchev–Trinajstić information content (AvgIpc) is 3.61. The quantitative estimate of drug-likeness (QED) is 0.394. The Morgan fingerprint density at radius 3 is 2.77 bits per heavy atom. The third-order valence-electron chi connectivity index (χ3n) is 5.45. The molecule has 172 valence electrons. The number of ether oxygens (including phenoxy) is 2. The van der Waals surface area contributed by atoms with Crippen LogP contribution in [0.3, 0.4) is 0 Å². The first-order valence-electron chi connectivity index (χ1n) is 10.9. The molecule has 5 aromatic rings. The van der Waals surface area contributed by atoms with Crippen LogP contribution < -0.4 is 14.8 Å². The molecule has 0 bridgehead atoms. The van der Waals surface area contributed by atoms with Crippen molar-refractivity contribution in [3.8, 4) is 23.0 Å². The van der Waals surface area contributed by atoms with Crippen molar-refractivity contribution in [3.63, 3.8) is 0 Å². The molecular formula is C25H19N7O3. The summed E-state index contributed by atoms with van der Waals surface area (Å²) >= 11 is 0. The summed E-state index contributed by atoms with van der Waals surface area (Å²) in [6.45, 7) is 2.05. The van der Waals surface area contributed by atoms with Gasteiger partial charge in [0.05, 0.1) is 23.0 Å². The van der Waals surface area contributed by atoms with Gasteiger partial charge in [-0.1, -0.05) is 24.3 Å². The van der Waals surface area contributed by atoms with Gasteiger partial charge in [0, 0.05) is 12.1 Å². The number of nitrogens with zero attached hydrogens (tertiary/aromatic N) is 6. The van der Waals surface area contributed by atoms with Gasteiger partial charge in [0.1, 0.15) is 12.1 Å².